The van der Waals surface area contributed by atoms with E-state index in [2.05, 4.69) is 250 Å². The summed E-state index contributed by atoms with van der Waals surface area (Å²) in [5.74, 6) is 0. The van der Waals surface area contributed by atoms with Crippen LogP contribution in [0.5, 0.6) is 0 Å². The van der Waals surface area contributed by atoms with Crippen molar-refractivity contribution >= 4 is 91.8 Å². The van der Waals surface area contributed by atoms with E-state index >= 15 is 0 Å². The highest BCUT2D eigenvalue weighted by Crippen LogP contribution is 2.39. The maximum absolute atomic E-state index is 4.36. The van der Waals surface area contributed by atoms with Crippen molar-refractivity contribution in [2.45, 2.75) is 0 Å². The summed E-state index contributed by atoms with van der Waals surface area (Å²) in [5, 5.41) is 11.2. The van der Waals surface area contributed by atoms with Gasteiger partial charge in [-0.1, -0.05) is 176 Å². The van der Waals surface area contributed by atoms with Crippen molar-refractivity contribution in [2.24, 2.45) is 0 Å². The number of rotatable bonds is 10. The third-order valence-electron chi connectivity index (χ3n) is 15.4. The molecule has 0 saturated heterocycles. The van der Waals surface area contributed by atoms with Gasteiger partial charge in [-0.25, -0.2) is 0 Å². The van der Waals surface area contributed by atoms with Crippen molar-refractivity contribution in [1.29, 1.82) is 0 Å². The fourth-order valence-corrected chi connectivity index (χ4v) is 20.0. The van der Waals surface area contributed by atoms with Crippen LogP contribution in [0.4, 0.5) is 0 Å². The minimum absolute atomic E-state index is 1.07. The summed E-state index contributed by atoms with van der Waals surface area (Å²) in [6, 6.07) is 92.8. The first kappa shape index (κ1) is 49.5. The Kier molecular flexibility index (Phi) is 13.3. The monoisotopic (exact) mass is 1090 g/mol. The number of nitrogens with zero attached hydrogens (tertiary/aromatic N) is 4. The fourth-order valence-electron chi connectivity index (χ4n) is 11.7. The van der Waals surface area contributed by atoms with Crippen LogP contribution in [-0.4, -0.2) is 28.0 Å². The molecule has 0 atom stereocenters. The van der Waals surface area contributed by atoms with Gasteiger partial charge in [-0.15, -0.1) is 22.7 Å². The summed E-state index contributed by atoms with van der Waals surface area (Å²) in [5.41, 5.74) is 13.3. The zero-order valence-corrected chi connectivity index (χ0v) is 46.6. The summed E-state index contributed by atoms with van der Waals surface area (Å²) < 4.78 is 5.53. The van der Waals surface area contributed by atoms with E-state index in [0.29, 0.717) is 0 Å². The molecule has 15 rings (SSSR count). The minimum Gasteiger partial charge on any atom is -0.264 e. The molecule has 0 aliphatic carbocycles. The summed E-state index contributed by atoms with van der Waals surface area (Å²) >= 11 is 3.90. The summed E-state index contributed by atoms with van der Waals surface area (Å²) in [6.45, 7) is 0. The largest absolute Gasteiger partial charge is 0.264 e. The Bertz CT molecular complexity index is 4270. The highest BCUT2D eigenvalue weighted by molar-refractivity contribution is 7.33. The molecule has 382 valence electrons. The van der Waals surface area contributed by atoms with Gasteiger partial charge in [-0.05, 0) is 144 Å². The van der Waals surface area contributed by atoms with E-state index < -0.39 is 8.07 Å². The van der Waals surface area contributed by atoms with E-state index in [1.807, 2.05) is 71.7 Å². The van der Waals surface area contributed by atoms with Crippen LogP contribution >= 0.6 is 22.7 Å². The average molecular weight is 1090 g/mol. The van der Waals surface area contributed by atoms with Gasteiger partial charge >= 0.3 is 0 Å². The van der Waals surface area contributed by atoms with Crippen molar-refractivity contribution in [3.63, 3.8) is 0 Å². The lowest BCUT2D eigenvalue weighted by Crippen LogP contribution is -2.74. The number of hydrogen-bond donors (Lipinski definition) is 0. The number of fused-ring (bicyclic) bond motifs is 6. The normalized spacial score (nSPS) is 11.5. The molecule has 0 radical (unpaired) electrons. The first-order chi connectivity index (χ1) is 40.2. The molecule has 0 amide bonds. The molecule has 0 N–H and O–H groups in total. The second-order valence-corrected chi connectivity index (χ2v) is 26.0. The van der Waals surface area contributed by atoms with Crippen LogP contribution < -0.4 is 20.7 Å². The Labute approximate surface area is 479 Å². The Morgan fingerprint density at radius 1 is 0.235 bits per heavy atom. The molecule has 15 aromatic rings. The van der Waals surface area contributed by atoms with Gasteiger partial charge in [0, 0.05) is 112 Å². The molecular weight excluding hydrogens is 1040 g/mol. The van der Waals surface area contributed by atoms with Gasteiger partial charge < -0.3 is 0 Å². The topological polar surface area (TPSA) is 51.6 Å². The molecule has 0 spiro atoms. The molecule has 0 aliphatic rings. The highest BCUT2D eigenvalue weighted by atomic mass is 32.1. The van der Waals surface area contributed by atoms with Gasteiger partial charge in [0.05, 0.1) is 0 Å². The van der Waals surface area contributed by atoms with E-state index in [-0.39, 0.29) is 0 Å². The lowest BCUT2D eigenvalue weighted by molar-refractivity contribution is 1.32. The van der Waals surface area contributed by atoms with Crippen LogP contribution in [0.3, 0.4) is 0 Å². The second kappa shape index (κ2) is 21.8. The van der Waals surface area contributed by atoms with E-state index in [0.717, 1.165) is 66.8 Å². The van der Waals surface area contributed by atoms with Gasteiger partial charge in [-0.3, -0.25) is 19.9 Å². The van der Waals surface area contributed by atoms with Crippen LogP contribution in [0, 0.1) is 0 Å². The first-order valence-electron chi connectivity index (χ1n) is 27.1. The predicted molar refractivity (Wildman–Crippen MR) is 346 cm³/mol. The number of pyridine rings is 4. The number of hydrogen-bond acceptors (Lipinski definition) is 6. The van der Waals surface area contributed by atoms with Gasteiger partial charge in [0.2, 0.25) is 0 Å². The summed E-state index contributed by atoms with van der Waals surface area (Å²) in [7, 11) is -2.73. The predicted octanol–water partition coefficient (Wildman–Crippen LogP) is 17.1. The van der Waals surface area contributed by atoms with E-state index in [1.54, 1.807) is 24.8 Å². The second-order valence-electron chi connectivity index (χ2n) is 20.2. The maximum Gasteiger partial charge on any atom is 0.182 e. The third kappa shape index (κ3) is 9.43. The Hall–Kier alpha value is -9.76. The third-order valence-corrected chi connectivity index (χ3v) is 23.1. The van der Waals surface area contributed by atoms with E-state index in [1.165, 1.54) is 61.1 Å². The van der Waals surface area contributed by atoms with Gasteiger partial charge in [0.15, 0.2) is 8.07 Å². The van der Waals surface area contributed by atoms with Gasteiger partial charge in [-0.2, -0.15) is 0 Å². The molecule has 0 bridgehead atoms. The molecule has 6 heterocycles. The lowest BCUT2D eigenvalue weighted by atomic mass is 9.91. The van der Waals surface area contributed by atoms with Gasteiger partial charge in [0.1, 0.15) is 0 Å². The zero-order chi connectivity index (χ0) is 54.0. The Morgan fingerprint density at radius 2 is 0.531 bits per heavy atom. The first-order valence-corrected chi connectivity index (χ1v) is 30.7. The summed E-state index contributed by atoms with van der Waals surface area (Å²) in [4.78, 5) is 17.5. The fraction of sp³-hybridized carbons (Fsp3) is 0. The van der Waals surface area contributed by atoms with Crippen molar-refractivity contribution in [3.8, 4) is 66.8 Å². The van der Waals surface area contributed by atoms with Crippen molar-refractivity contribution < 1.29 is 0 Å². The van der Waals surface area contributed by atoms with Crippen molar-refractivity contribution in [2.75, 3.05) is 0 Å². The van der Waals surface area contributed by atoms with E-state index in [9.17, 15) is 0 Å². The number of thiophene rings is 2. The molecule has 81 heavy (non-hydrogen) atoms. The van der Waals surface area contributed by atoms with E-state index in [4.69, 9.17) is 0 Å². The quantitative estimate of drug-likeness (QED) is 0.101. The Balaban J connectivity index is 0.000000146. The van der Waals surface area contributed by atoms with Crippen molar-refractivity contribution in [3.05, 3.63) is 304 Å². The van der Waals surface area contributed by atoms with Crippen LogP contribution in [0.2, 0.25) is 0 Å². The molecule has 0 saturated carbocycles. The molecule has 0 aliphatic heterocycles. The molecule has 7 heteroatoms. The van der Waals surface area contributed by atoms with Crippen LogP contribution in [0.25, 0.3) is 107 Å². The van der Waals surface area contributed by atoms with Crippen LogP contribution in [-0.2, 0) is 0 Å². The van der Waals surface area contributed by atoms with Crippen LogP contribution in [0.15, 0.2) is 304 Å². The number of aromatic nitrogens is 4. The summed E-state index contributed by atoms with van der Waals surface area (Å²) in [6.07, 6.45) is 14.9. The van der Waals surface area contributed by atoms with Crippen LogP contribution in [0.1, 0.15) is 0 Å². The zero-order valence-electron chi connectivity index (χ0n) is 44.0. The van der Waals surface area contributed by atoms with Crippen molar-refractivity contribution in [1.82, 2.24) is 19.9 Å². The molecule has 9 aromatic carbocycles. The Morgan fingerprint density at radius 3 is 0.889 bits per heavy atom. The van der Waals surface area contributed by atoms with Gasteiger partial charge in [0.25, 0.3) is 0 Å². The average Bonchev–Trinajstić information content (AvgIpc) is 4.38. The SMILES string of the molecule is c1ccc([Si](c2ccccc2)(c2cccc3c2sc2ccccc23)c2cccc3c2sc2ccccc23)cc1.c1cncc(-c2cc(-c3cccnc3)cc(-c3cccc(-c4cc(-c5cccnc5)cc(-c5cccnc5)c4)c3)c2)c1. The minimum atomic E-state index is -2.73. The highest BCUT2D eigenvalue weighted by Gasteiger charge is 2.44. The standard InChI is InChI=1S/C38H26N4.C36H24S2Si/c1-6-27(33-17-35(29-8-2-12-39-23-29)21-36(18-33)30-9-3-13-40-24-30)16-28(7-1)34-19-37(31-10-4-14-41-25-31)22-38(20-34)32-11-5-15-42-26-32;1-3-13-25(14-4-1)39(26-15-5-2-6-16-26,33-23-11-19-29-27-17-7-9-21-31(27)37-35(29)33)34-24-12-20-30-28-18-8-10-22-32(28)38-36(30)34/h1-26H;1-24H. The molecular formula is C74H50N4S2Si. The molecule has 0 fully saturated rings. The molecule has 4 nitrogen and oxygen atoms in total. The molecule has 6 aromatic heterocycles. The molecule has 0 unspecified atom stereocenters. The lowest BCUT2D eigenvalue weighted by Gasteiger charge is -2.35. The smallest absolute Gasteiger partial charge is 0.182 e. The number of benzene rings is 9. The maximum atomic E-state index is 4.36.